The molecule has 0 fully saturated rings. The second-order valence-electron chi connectivity index (χ2n) is 5.65. The van der Waals surface area contributed by atoms with Crippen LogP contribution >= 0.6 is 0 Å². The molecule has 0 aliphatic carbocycles. The molecule has 0 atom stereocenters. The van der Waals surface area contributed by atoms with Gasteiger partial charge in [-0.1, -0.05) is 24.3 Å². The Morgan fingerprint density at radius 3 is 2.61 bits per heavy atom. The van der Waals surface area contributed by atoms with Gasteiger partial charge in [-0.3, -0.25) is 0 Å². The predicted octanol–water partition coefficient (Wildman–Crippen LogP) is 2.93. The standard InChI is InChI=1S/C18H28N2O3/c1-3-22-17(23-4-2)10-7-12-19-18(21)20-13-11-15-8-5-6-9-16(15)14-20/h5-6,8-9,17H,3-4,7,10-14H2,1-2H3,(H,19,21). The fraction of sp³-hybridized carbons (Fsp3) is 0.611. The zero-order valence-electron chi connectivity index (χ0n) is 14.2. The van der Waals surface area contributed by atoms with E-state index in [4.69, 9.17) is 9.47 Å². The molecule has 0 saturated heterocycles. The minimum Gasteiger partial charge on any atom is -0.353 e. The van der Waals surface area contributed by atoms with Crippen molar-refractivity contribution in [3.05, 3.63) is 35.4 Å². The first-order chi connectivity index (χ1) is 11.2. The van der Waals surface area contributed by atoms with Crippen LogP contribution in [-0.4, -0.2) is 43.5 Å². The lowest BCUT2D eigenvalue weighted by molar-refractivity contribution is -0.139. The van der Waals surface area contributed by atoms with Gasteiger partial charge in [-0.05, 0) is 37.8 Å². The summed E-state index contributed by atoms with van der Waals surface area (Å²) in [4.78, 5) is 14.1. The number of urea groups is 1. The molecule has 5 nitrogen and oxygen atoms in total. The number of carbonyl (C=O) groups excluding carboxylic acids is 1. The van der Waals surface area contributed by atoms with Gasteiger partial charge in [-0.2, -0.15) is 0 Å². The summed E-state index contributed by atoms with van der Waals surface area (Å²) in [7, 11) is 0. The minimum absolute atomic E-state index is 0.0175. The van der Waals surface area contributed by atoms with E-state index in [0.717, 1.165) is 25.8 Å². The van der Waals surface area contributed by atoms with E-state index < -0.39 is 0 Å². The van der Waals surface area contributed by atoms with Crippen LogP contribution in [0.15, 0.2) is 24.3 Å². The van der Waals surface area contributed by atoms with E-state index in [0.29, 0.717) is 26.3 Å². The molecule has 128 valence electrons. The van der Waals surface area contributed by atoms with Crippen LogP contribution in [0.5, 0.6) is 0 Å². The predicted molar refractivity (Wildman–Crippen MR) is 90.2 cm³/mol. The molecule has 1 aliphatic rings. The monoisotopic (exact) mass is 320 g/mol. The molecule has 2 rings (SSSR count). The number of amides is 2. The molecule has 1 heterocycles. The number of benzene rings is 1. The number of ether oxygens (including phenoxy) is 2. The second-order valence-corrected chi connectivity index (χ2v) is 5.65. The number of rotatable bonds is 8. The maximum absolute atomic E-state index is 12.3. The van der Waals surface area contributed by atoms with Crippen molar-refractivity contribution < 1.29 is 14.3 Å². The number of hydrogen-bond acceptors (Lipinski definition) is 3. The topological polar surface area (TPSA) is 50.8 Å². The average Bonchev–Trinajstić information content (AvgIpc) is 2.58. The van der Waals surface area contributed by atoms with Gasteiger partial charge in [-0.15, -0.1) is 0 Å². The van der Waals surface area contributed by atoms with Gasteiger partial charge in [-0.25, -0.2) is 4.79 Å². The first-order valence-electron chi connectivity index (χ1n) is 8.57. The van der Waals surface area contributed by atoms with Crippen molar-refractivity contribution >= 4 is 6.03 Å². The summed E-state index contributed by atoms with van der Waals surface area (Å²) in [5.41, 5.74) is 2.61. The molecule has 0 radical (unpaired) electrons. The number of fused-ring (bicyclic) bond motifs is 1. The van der Waals surface area contributed by atoms with Crippen LogP contribution in [0, 0.1) is 0 Å². The van der Waals surface area contributed by atoms with Gasteiger partial charge < -0.3 is 19.7 Å². The fourth-order valence-corrected chi connectivity index (χ4v) is 2.83. The molecule has 1 N–H and O–H groups in total. The number of hydrogen-bond donors (Lipinski definition) is 1. The number of carbonyl (C=O) groups is 1. The van der Waals surface area contributed by atoms with Crippen LogP contribution in [0.25, 0.3) is 0 Å². The second kappa shape index (κ2) is 9.53. The molecule has 0 unspecified atom stereocenters. The third-order valence-corrected chi connectivity index (χ3v) is 4.02. The van der Waals surface area contributed by atoms with Crippen LogP contribution in [-0.2, 0) is 22.4 Å². The highest BCUT2D eigenvalue weighted by atomic mass is 16.7. The maximum Gasteiger partial charge on any atom is 0.317 e. The van der Waals surface area contributed by atoms with Crippen LogP contribution in [0.4, 0.5) is 4.79 Å². The fourth-order valence-electron chi connectivity index (χ4n) is 2.83. The van der Waals surface area contributed by atoms with Crippen molar-refractivity contribution in [1.82, 2.24) is 10.2 Å². The molecule has 0 bridgehead atoms. The Morgan fingerprint density at radius 2 is 1.91 bits per heavy atom. The molecule has 1 aromatic rings. The maximum atomic E-state index is 12.3. The lowest BCUT2D eigenvalue weighted by Gasteiger charge is -2.29. The summed E-state index contributed by atoms with van der Waals surface area (Å²) < 4.78 is 11.0. The summed E-state index contributed by atoms with van der Waals surface area (Å²) >= 11 is 0. The Kier molecular flexibility index (Phi) is 7.36. The Morgan fingerprint density at radius 1 is 1.22 bits per heavy atom. The summed E-state index contributed by atoms with van der Waals surface area (Å²) in [5.74, 6) is 0. The largest absolute Gasteiger partial charge is 0.353 e. The summed E-state index contributed by atoms with van der Waals surface area (Å²) in [5, 5.41) is 3.00. The molecule has 5 heteroatoms. The highest BCUT2D eigenvalue weighted by Crippen LogP contribution is 2.18. The Labute approximate surface area is 139 Å². The number of nitrogens with one attached hydrogen (secondary N) is 1. The van der Waals surface area contributed by atoms with Crippen molar-refractivity contribution in [3.63, 3.8) is 0 Å². The van der Waals surface area contributed by atoms with E-state index >= 15 is 0 Å². The van der Waals surface area contributed by atoms with Gasteiger partial charge in [0.05, 0.1) is 0 Å². The van der Waals surface area contributed by atoms with E-state index in [1.54, 1.807) is 0 Å². The molecule has 0 saturated carbocycles. The lowest BCUT2D eigenvalue weighted by atomic mass is 10.0. The van der Waals surface area contributed by atoms with Crippen molar-refractivity contribution in [2.45, 2.75) is 45.9 Å². The first-order valence-corrected chi connectivity index (χ1v) is 8.57. The van der Waals surface area contributed by atoms with E-state index in [1.165, 1.54) is 11.1 Å². The Bertz CT molecular complexity index is 487. The van der Waals surface area contributed by atoms with Gasteiger partial charge in [0.2, 0.25) is 0 Å². The molecular formula is C18H28N2O3. The van der Waals surface area contributed by atoms with Crippen LogP contribution in [0.2, 0.25) is 0 Å². The summed E-state index contributed by atoms with van der Waals surface area (Å²) in [6.07, 6.45) is 2.41. The summed E-state index contributed by atoms with van der Waals surface area (Å²) in [6.45, 7) is 7.33. The first kappa shape index (κ1) is 17.8. The van der Waals surface area contributed by atoms with Gasteiger partial charge in [0.15, 0.2) is 6.29 Å². The SMILES string of the molecule is CCOC(CCCNC(=O)N1CCc2ccccc2C1)OCC. The van der Waals surface area contributed by atoms with E-state index in [2.05, 4.69) is 23.5 Å². The molecule has 1 aromatic carbocycles. The molecule has 0 aromatic heterocycles. The highest BCUT2D eigenvalue weighted by molar-refractivity contribution is 5.74. The molecule has 1 aliphatic heterocycles. The van der Waals surface area contributed by atoms with Gasteiger partial charge in [0.25, 0.3) is 0 Å². The van der Waals surface area contributed by atoms with Crippen molar-refractivity contribution in [1.29, 1.82) is 0 Å². The highest BCUT2D eigenvalue weighted by Gasteiger charge is 2.19. The lowest BCUT2D eigenvalue weighted by Crippen LogP contribution is -2.43. The number of nitrogens with zero attached hydrogens (tertiary/aromatic N) is 1. The van der Waals surface area contributed by atoms with Crippen molar-refractivity contribution in [2.24, 2.45) is 0 Å². The summed E-state index contributed by atoms with van der Waals surface area (Å²) in [6, 6.07) is 8.35. The zero-order valence-corrected chi connectivity index (χ0v) is 14.2. The van der Waals surface area contributed by atoms with E-state index in [1.807, 2.05) is 24.8 Å². The Hall–Kier alpha value is -1.59. The normalized spacial score (nSPS) is 14.0. The zero-order chi connectivity index (χ0) is 16.5. The molecule has 2 amide bonds. The van der Waals surface area contributed by atoms with Crippen molar-refractivity contribution in [3.8, 4) is 0 Å². The average molecular weight is 320 g/mol. The van der Waals surface area contributed by atoms with Gasteiger partial charge in [0.1, 0.15) is 0 Å². The van der Waals surface area contributed by atoms with Crippen LogP contribution in [0.3, 0.4) is 0 Å². The van der Waals surface area contributed by atoms with E-state index in [9.17, 15) is 4.79 Å². The van der Waals surface area contributed by atoms with Gasteiger partial charge >= 0.3 is 6.03 Å². The molecule has 0 spiro atoms. The van der Waals surface area contributed by atoms with Crippen LogP contribution < -0.4 is 5.32 Å². The van der Waals surface area contributed by atoms with Crippen LogP contribution in [0.1, 0.15) is 37.8 Å². The van der Waals surface area contributed by atoms with Gasteiger partial charge in [0, 0.05) is 39.3 Å². The van der Waals surface area contributed by atoms with Crippen molar-refractivity contribution in [2.75, 3.05) is 26.3 Å². The third kappa shape index (κ3) is 5.52. The Balaban J connectivity index is 1.69. The quantitative estimate of drug-likeness (QED) is 0.592. The molecule has 23 heavy (non-hydrogen) atoms. The minimum atomic E-state index is -0.163. The van der Waals surface area contributed by atoms with E-state index in [-0.39, 0.29) is 12.3 Å². The third-order valence-electron chi connectivity index (χ3n) is 4.02. The molecular weight excluding hydrogens is 292 g/mol. The smallest absolute Gasteiger partial charge is 0.317 e.